The van der Waals surface area contributed by atoms with Gasteiger partial charge in [-0.15, -0.1) is 0 Å². The Morgan fingerprint density at radius 3 is 2.03 bits per heavy atom. The summed E-state index contributed by atoms with van der Waals surface area (Å²) < 4.78 is 28.1. The third kappa shape index (κ3) is 7.49. The molecule has 0 aliphatic heterocycles. The first-order chi connectivity index (χ1) is 16.6. The van der Waals surface area contributed by atoms with Gasteiger partial charge in [0.15, 0.2) is 0 Å². The van der Waals surface area contributed by atoms with E-state index in [0.29, 0.717) is 0 Å². The molecule has 0 aliphatic rings. The number of nitrogens with zero attached hydrogens (tertiary/aromatic N) is 3. The summed E-state index contributed by atoms with van der Waals surface area (Å²) in [4.78, 5) is 23.6. The van der Waals surface area contributed by atoms with E-state index in [1.807, 2.05) is 44.2 Å². The van der Waals surface area contributed by atoms with Gasteiger partial charge in [0, 0.05) is 30.8 Å². The zero-order chi connectivity index (χ0) is 27.3. The molecule has 0 radical (unpaired) electrons. The maximum Gasteiger partial charge on any atom is 0.408 e. The van der Waals surface area contributed by atoms with Crippen molar-refractivity contribution in [2.75, 3.05) is 13.1 Å². The summed E-state index contributed by atoms with van der Waals surface area (Å²) in [5.74, 6) is -0.101. The zero-order valence-corrected chi connectivity index (χ0v) is 22.1. The smallest absolute Gasteiger partial charge is 0.408 e. The quantitative estimate of drug-likeness (QED) is 0.336. The normalized spacial score (nSPS) is 14.0. The first kappa shape index (κ1) is 29.2. The number of non-ortho nitro benzene ring substituents is 1. The van der Waals surface area contributed by atoms with E-state index in [1.165, 1.54) is 0 Å². The number of nitro benzene ring substituents is 1. The Hall–Kier alpha value is -3.02. The van der Waals surface area contributed by atoms with Gasteiger partial charge in [-0.1, -0.05) is 44.2 Å². The zero-order valence-electron chi connectivity index (χ0n) is 21.2. The second kappa shape index (κ2) is 11.8. The second-order valence-corrected chi connectivity index (χ2v) is 12.1. The molecule has 0 heterocycles. The Labute approximate surface area is 212 Å². The number of amides is 1. The summed E-state index contributed by atoms with van der Waals surface area (Å²) in [7, 11) is -4.14. The molecule has 0 aromatic heterocycles. The molecule has 0 saturated heterocycles. The molecular weight excluding hydrogens is 486 g/mol. The van der Waals surface area contributed by atoms with Crippen molar-refractivity contribution >= 4 is 21.8 Å². The van der Waals surface area contributed by atoms with Gasteiger partial charge in [-0.25, -0.2) is 13.2 Å². The Balaban J connectivity index is 2.47. The predicted molar refractivity (Wildman–Crippen MR) is 136 cm³/mol. The summed E-state index contributed by atoms with van der Waals surface area (Å²) >= 11 is 0. The molecular formula is C25H35N3O7S. The number of benzene rings is 2. The highest BCUT2D eigenvalue weighted by Crippen LogP contribution is 2.26. The summed E-state index contributed by atoms with van der Waals surface area (Å²) in [6.45, 7) is 8.50. The van der Waals surface area contributed by atoms with Gasteiger partial charge < -0.3 is 10.2 Å². The van der Waals surface area contributed by atoms with Gasteiger partial charge in [-0.2, -0.15) is 4.31 Å². The minimum absolute atomic E-state index is 0.0665. The van der Waals surface area contributed by atoms with Crippen LogP contribution in [0.1, 0.15) is 40.2 Å². The number of hydrogen-bond acceptors (Lipinski definition) is 6. The van der Waals surface area contributed by atoms with E-state index >= 15 is 0 Å². The van der Waals surface area contributed by atoms with E-state index in [2.05, 4.69) is 0 Å². The number of carboxylic acid groups (broad SMARTS) is 1. The van der Waals surface area contributed by atoms with Crippen LogP contribution >= 0.6 is 0 Å². The highest BCUT2D eigenvalue weighted by molar-refractivity contribution is 7.89. The molecule has 36 heavy (non-hydrogen) atoms. The molecule has 2 aromatic carbocycles. The van der Waals surface area contributed by atoms with E-state index in [1.54, 1.807) is 20.8 Å². The molecule has 0 spiro atoms. The molecule has 2 rings (SSSR count). The molecule has 1 amide bonds. The molecule has 198 valence electrons. The molecule has 2 N–H and O–H groups in total. The van der Waals surface area contributed by atoms with E-state index < -0.39 is 38.7 Å². The third-order valence-electron chi connectivity index (χ3n) is 5.64. The first-order valence-electron chi connectivity index (χ1n) is 11.6. The van der Waals surface area contributed by atoms with Crippen molar-refractivity contribution in [1.29, 1.82) is 0 Å². The van der Waals surface area contributed by atoms with Crippen molar-refractivity contribution in [1.82, 2.24) is 9.21 Å². The topological polar surface area (TPSA) is 141 Å². The van der Waals surface area contributed by atoms with Crippen LogP contribution in [0.5, 0.6) is 0 Å². The minimum Gasteiger partial charge on any atom is -0.465 e. The van der Waals surface area contributed by atoms with Gasteiger partial charge >= 0.3 is 6.09 Å². The summed E-state index contributed by atoms with van der Waals surface area (Å²) in [6, 6.07) is 12.7. The van der Waals surface area contributed by atoms with Gasteiger partial charge in [0.2, 0.25) is 10.0 Å². The average molecular weight is 522 g/mol. The SMILES string of the molecule is CC(C)CN(CC(O)C(Cc1ccccc1)N(C(=O)O)C(C)(C)C)S(=O)(=O)c1ccc([N+](=O)[O-])cc1. The van der Waals surface area contributed by atoms with Crippen LogP contribution in [0.25, 0.3) is 0 Å². The van der Waals surface area contributed by atoms with E-state index in [4.69, 9.17) is 0 Å². The average Bonchev–Trinajstić information content (AvgIpc) is 2.77. The lowest BCUT2D eigenvalue weighted by Gasteiger charge is -2.42. The van der Waals surface area contributed by atoms with Gasteiger partial charge in [-0.05, 0) is 50.8 Å². The fraction of sp³-hybridized carbons (Fsp3) is 0.480. The lowest BCUT2D eigenvalue weighted by atomic mass is 9.94. The molecule has 0 saturated carbocycles. The Morgan fingerprint density at radius 2 is 1.58 bits per heavy atom. The van der Waals surface area contributed by atoms with E-state index in [0.717, 1.165) is 39.0 Å². The van der Waals surface area contributed by atoms with Crippen molar-refractivity contribution in [2.24, 2.45) is 5.92 Å². The lowest BCUT2D eigenvalue weighted by molar-refractivity contribution is -0.384. The number of carbonyl (C=O) groups is 1. The van der Waals surface area contributed by atoms with Crippen molar-refractivity contribution in [3.63, 3.8) is 0 Å². The van der Waals surface area contributed by atoms with Crippen molar-refractivity contribution in [2.45, 2.75) is 63.6 Å². The van der Waals surface area contributed by atoms with Gasteiger partial charge in [0.1, 0.15) is 0 Å². The van der Waals surface area contributed by atoms with Gasteiger partial charge in [0.05, 0.1) is 22.0 Å². The van der Waals surface area contributed by atoms with Gasteiger partial charge in [0.25, 0.3) is 5.69 Å². The fourth-order valence-electron chi connectivity index (χ4n) is 4.08. The van der Waals surface area contributed by atoms with Crippen LogP contribution in [0.15, 0.2) is 59.5 Å². The van der Waals surface area contributed by atoms with E-state index in [9.17, 15) is 33.5 Å². The van der Waals surface area contributed by atoms with Crippen LogP contribution in [0.2, 0.25) is 0 Å². The number of nitro groups is 1. The molecule has 11 heteroatoms. The lowest BCUT2D eigenvalue weighted by Crippen LogP contribution is -2.58. The molecule has 2 aromatic rings. The van der Waals surface area contributed by atoms with Crippen LogP contribution < -0.4 is 0 Å². The predicted octanol–water partition coefficient (Wildman–Crippen LogP) is 3.99. The molecule has 0 aliphatic carbocycles. The Kier molecular flexibility index (Phi) is 9.58. The highest BCUT2D eigenvalue weighted by Gasteiger charge is 2.39. The molecule has 0 bridgehead atoms. The highest BCUT2D eigenvalue weighted by atomic mass is 32.2. The van der Waals surface area contributed by atoms with Crippen molar-refractivity contribution < 1.29 is 28.3 Å². The Morgan fingerprint density at radius 1 is 1.03 bits per heavy atom. The second-order valence-electron chi connectivity index (χ2n) is 10.1. The van der Waals surface area contributed by atoms with Crippen LogP contribution in [-0.2, 0) is 16.4 Å². The maximum atomic E-state index is 13.5. The van der Waals surface area contributed by atoms with Crippen LogP contribution in [-0.4, -0.2) is 69.6 Å². The first-order valence-corrected chi connectivity index (χ1v) is 13.1. The number of aliphatic hydroxyl groups excluding tert-OH is 1. The van der Waals surface area contributed by atoms with Crippen LogP contribution in [0.4, 0.5) is 10.5 Å². The van der Waals surface area contributed by atoms with Crippen LogP contribution in [0.3, 0.4) is 0 Å². The maximum absolute atomic E-state index is 13.5. The number of sulfonamides is 1. The molecule has 2 atom stereocenters. The Bertz CT molecular complexity index is 1130. The fourth-order valence-corrected chi connectivity index (χ4v) is 5.70. The molecule has 2 unspecified atom stereocenters. The summed E-state index contributed by atoms with van der Waals surface area (Å²) in [5, 5.41) is 32.4. The molecule has 0 fully saturated rings. The number of aliphatic hydroxyl groups is 1. The minimum atomic E-state index is -4.14. The van der Waals surface area contributed by atoms with Gasteiger partial charge in [-0.3, -0.25) is 15.0 Å². The summed E-state index contributed by atoms with van der Waals surface area (Å²) in [5.41, 5.74) is -0.313. The van der Waals surface area contributed by atoms with Crippen LogP contribution in [0, 0.1) is 16.0 Å². The largest absolute Gasteiger partial charge is 0.465 e. The van der Waals surface area contributed by atoms with Crippen molar-refractivity contribution in [3.8, 4) is 0 Å². The van der Waals surface area contributed by atoms with E-state index in [-0.39, 0.29) is 36.0 Å². The standard InChI is InChI=1S/C25H35N3O7S/c1-18(2)16-26(36(34,35)21-13-11-20(12-14-21)28(32)33)17-23(29)22(15-19-9-7-6-8-10-19)27(24(30)31)25(3,4)5/h6-14,18,22-23,29H,15-17H2,1-5H3,(H,30,31). The van der Waals surface area contributed by atoms with Crippen molar-refractivity contribution in [3.05, 3.63) is 70.3 Å². The monoisotopic (exact) mass is 521 g/mol. The molecule has 10 nitrogen and oxygen atoms in total. The number of hydrogen-bond donors (Lipinski definition) is 2. The number of rotatable bonds is 11. The third-order valence-corrected chi connectivity index (χ3v) is 7.48. The summed E-state index contributed by atoms with van der Waals surface area (Å²) in [6.07, 6.45) is -2.40.